The molecule has 1 fully saturated rings. The Morgan fingerprint density at radius 3 is 2.73 bits per heavy atom. The number of rotatable bonds is 4. The molecule has 0 spiro atoms. The van der Waals surface area contributed by atoms with Crippen LogP contribution in [-0.4, -0.2) is 41.6 Å². The highest BCUT2D eigenvalue weighted by atomic mass is 16.5. The largest absolute Gasteiger partial charge is 0.368 e. The van der Waals surface area contributed by atoms with Crippen molar-refractivity contribution in [3.8, 4) is 11.1 Å². The lowest BCUT2D eigenvalue weighted by Gasteiger charge is -2.28. The Bertz CT molecular complexity index is 1080. The molecule has 4 nitrogen and oxygen atoms in total. The number of hydrogen-bond acceptors (Lipinski definition) is 3. The predicted octanol–water partition coefficient (Wildman–Crippen LogP) is 4.78. The number of ether oxygens (including phenoxy) is 1. The quantitative estimate of drug-likeness (QED) is 0.594. The van der Waals surface area contributed by atoms with Crippen molar-refractivity contribution in [2.24, 2.45) is 0 Å². The molecule has 1 saturated heterocycles. The Morgan fingerprint density at radius 2 is 1.97 bits per heavy atom. The van der Waals surface area contributed by atoms with Gasteiger partial charge in [-0.15, -0.1) is 0 Å². The maximum absolute atomic E-state index is 12.5. The second-order valence-electron chi connectivity index (χ2n) is 8.18. The van der Waals surface area contributed by atoms with E-state index in [9.17, 15) is 4.79 Å². The summed E-state index contributed by atoms with van der Waals surface area (Å²) in [6, 6.07) is 19.3. The van der Waals surface area contributed by atoms with E-state index >= 15 is 0 Å². The average Bonchev–Trinajstić information content (AvgIpc) is 3.34. The molecule has 0 saturated carbocycles. The van der Waals surface area contributed by atoms with E-state index in [4.69, 9.17) is 4.74 Å². The first-order valence-electron chi connectivity index (χ1n) is 10.8. The van der Waals surface area contributed by atoms with Crippen molar-refractivity contribution in [2.75, 3.05) is 19.7 Å². The third kappa shape index (κ3) is 4.01. The maximum Gasteiger partial charge on any atom is 0.251 e. The van der Waals surface area contributed by atoms with Gasteiger partial charge in [0.15, 0.2) is 0 Å². The minimum atomic E-state index is -0.210. The van der Waals surface area contributed by atoms with Gasteiger partial charge < -0.3 is 9.64 Å². The van der Waals surface area contributed by atoms with Crippen molar-refractivity contribution in [3.63, 3.8) is 0 Å². The summed E-state index contributed by atoms with van der Waals surface area (Å²) in [5.41, 5.74) is 6.13. The summed E-state index contributed by atoms with van der Waals surface area (Å²) in [7, 11) is 0. The number of aromatic nitrogens is 1. The van der Waals surface area contributed by atoms with Crippen molar-refractivity contribution in [1.82, 2.24) is 9.88 Å². The van der Waals surface area contributed by atoms with E-state index in [0.717, 1.165) is 49.7 Å². The van der Waals surface area contributed by atoms with Gasteiger partial charge in [-0.2, -0.15) is 0 Å². The van der Waals surface area contributed by atoms with Crippen molar-refractivity contribution >= 4 is 16.8 Å². The average molecular weight is 399 g/mol. The van der Waals surface area contributed by atoms with E-state index in [2.05, 4.69) is 59.6 Å². The molecule has 2 aromatic carbocycles. The van der Waals surface area contributed by atoms with E-state index in [1.54, 1.807) is 0 Å². The molecule has 1 amide bonds. The number of nitrogens with zero attached hydrogens (tertiary/aromatic N) is 2. The molecule has 2 aliphatic rings. The Hall–Kier alpha value is -2.98. The Balaban J connectivity index is 1.23. The van der Waals surface area contributed by atoms with Gasteiger partial charge in [0.05, 0.1) is 5.52 Å². The number of fused-ring (bicyclic) bond motifs is 1. The number of carbonyl (C=O) groups excluding carboxylic acids is 1. The third-order valence-corrected chi connectivity index (χ3v) is 6.14. The highest BCUT2D eigenvalue weighted by Crippen LogP contribution is 2.25. The Morgan fingerprint density at radius 1 is 1.10 bits per heavy atom. The summed E-state index contributed by atoms with van der Waals surface area (Å²) >= 11 is 0. The second kappa shape index (κ2) is 8.41. The van der Waals surface area contributed by atoms with Gasteiger partial charge in [-0.1, -0.05) is 54.1 Å². The molecule has 1 atom stereocenters. The zero-order valence-corrected chi connectivity index (χ0v) is 17.1. The minimum absolute atomic E-state index is 0.164. The van der Waals surface area contributed by atoms with Crippen LogP contribution >= 0.6 is 0 Å². The van der Waals surface area contributed by atoms with Crippen LogP contribution in [0.2, 0.25) is 0 Å². The molecular formula is C26H26N2O2. The lowest BCUT2D eigenvalue weighted by Crippen LogP contribution is -2.41. The van der Waals surface area contributed by atoms with Crippen LogP contribution in [0.1, 0.15) is 24.8 Å². The first-order valence-corrected chi connectivity index (χ1v) is 10.8. The first-order chi connectivity index (χ1) is 14.8. The van der Waals surface area contributed by atoms with E-state index in [0.29, 0.717) is 6.54 Å². The molecule has 5 rings (SSSR count). The highest BCUT2D eigenvalue weighted by Gasteiger charge is 2.28. The monoisotopic (exact) mass is 398 g/mol. The van der Waals surface area contributed by atoms with Crippen molar-refractivity contribution in [1.29, 1.82) is 0 Å². The smallest absolute Gasteiger partial charge is 0.251 e. The summed E-state index contributed by atoms with van der Waals surface area (Å²) in [5, 5.41) is 1.16. The van der Waals surface area contributed by atoms with E-state index in [-0.39, 0.29) is 12.0 Å². The minimum Gasteiger partial charge on any atom is -0.368 e. The fourth-order valence-electron chi connectivity index (χ4n) is 4.37. The molecule has 3 aromatic rings. The van der Waals surface area contributed by atoms with Crippen LogP contribution in [-0.2, 0) is 16.0 Å². The highest BCUT2D eigenvalue weighted by molar-refractivity contribution is 5.84. The molecule has 0 bridgehead atoms. The van der Waals surface area contributed by atoms with E-state index in [1.165, 1.54) is 22.3 Å². The summed E-state index contributed by atoms with van der Waals surface area (Å²) in [5.74, 6) is 0.164. The summed E-state index contributed by atoms with van der Waals surface area (Å²) in [6.07, 6.45) is 7.60. The molecule has 3 heterocycles. The van der Waals surface area contributed by atoms with Crippen molar-refractivity contribution < 1.29 is 9.53 Å². The molecule has 0 radical (unpaired) electrons. The van der Waals surface area contributed by atoms with Crippen molar-refractivity contribution in [3.05, 3.63) is 78.0 Å². The molecule has 1 aromatic heterocycles. The van der Waals surface area contributed by atoms with Gasteiger partial charge in [0.25, 0.3) is 5.91 Å². The summed E-state index contributed by atoms with van der Waals surface area (Å²) < 4.78 is 5.55. The normalized spacial score (nSPS) is 19.1. The van der Waals surface area contributed by atoms with E-state index in [1.807, 2.05) is 17.2 Å². The molecule has 30 heavy (non-hydrogen) atoms. The Kier molecular flexibility index (Phi) is 5.33. The van der Waals surface area contributed by atoms with Crippen LogP contribution in [0.4, 0.5) is 0 Å². The molecule has 4 heteroatoms. The lowest BCUT2D eigenvalue weighted by molar-refractivity contribution is -0.140. The third-order valence-electron chi connectivity index (χ3n) is 6.14. The van der Waals surface area contributed by atoms with Gasteiger partial charge >= 0.3 is 0 Å². The van der Waals surface area contributed by atoms with Crippen LogP contribution in [0.3, 0.4) is 0 Å². The zero-order chi connectivity index (χ0) is 20.3. The maximum atomic E-state index is 12.5. The molecule has 0 aliphatic carbocycles. The fourth-order valence-corrected chi connectivity index (χ4v) is 4.37. The number of amides is 1. The van der Waals surface area contributed by atoms with Crippen LogP contribution in [0, 0.1) is 0 Å². The van der Waals surface area contributed by atoms with Gasteiger partial charge in [-0.25, -0.2) is 0 Å². The van der Waals surface area contributed by atoms with Gasteiger partial charge in [0.1, 0.15) is 6.10 Å². The molecule has 152 valence electrons. The van der Waals surface area contributed by atoms with Gasteiger partial charge in [-0.05, 0) is 54.5 Å². The number of carbonyl (C=O) groups is 1. The lowest BCUT2D eigenvalue weighted by atomic mass is 9.97. The second-order valence-corrected chi connectivity index (χ2v) is 8.18. The summed E-state index contributed by atoms with van der Waals surface area (Å²) in [6.45, 7) is 2.22. The number of pyridine rings is 1. The topological polar surface area (TPSA) is 42.4 Å². The molecule has 0 N–H and O–H groups in total. The van der Waals surface area contributed by atoms with Gasteiger partial charge in [0.2, 0.25) is 0 Å². The number of hydrogen-bond donors (Lipinski definition) is 0. The van der Waals surface area contributed by atoms with E-state index < -0.39 is 0 Å². The van der Waals surface area contributed by atoms with Crippen LogP contribution < -0.4 is 0 Å². The Labute approximate surface area is 177 Å². The first kappa shape index (κ1) is 19.0. The predicted molar refractivity (Wildman–Crippen MR) is 119 cm³/mol. The van der Waals surface area contributed by atoms with Crippen molar-refractivity contribution in [2.45, 2.75) is 31.8 Å². The molecular weight excluding hydrogens is 372 g/mol. The zero-order valence-electron chi connectivity index (χ0n) is 17.1. The molecule has 2 aliphatic heterocycles. The number of benzene rings is 2. The van der Waals surface area contributed by atoms with Crippen LogP contribution in [0.25, 0.3) is 22.0 Å². The SMILES string of the molecule is O=C(C1CCCO1)N1CC=C(Cc2ccc(-c3ccc4cccnc4c3)cc2)CC1. The van der Waals surface area contributed by atoms with Crippen LogP contribution in [0.5, 0.6) is 0 Å². The fraction of sp³-hybridized carbons (Fsp3) is 0.308. The van der Waals surface area contributed by atoms with Gasteiger partial charge in [0, 0.05) is 31.3 Å². The molecule has 1 unspecified atom stereocenters. The summed E-state index contributed by atoms with van der Waals surface area (Å²) in [4.78, 5) is 18.9. The van der Waals surface area contributed by atoms with Gasteiger partial charge in [-0.3, -0.25) is 9.78 Å². The van der Waals surface area contributed by atoms with Crippen LogP contribution in [0.15, 0.2) is 72.4 Å². The standard InChI is InChI=1S/C26H26N2O2/c29-26(25-4-2-16-30-25)28-14-11-20(12-15-28)17-19-5-7-21(8-6-19)23-10-9-22-3-1-13-27-24(22)18-23/h1,3,5-11,13,18,25H,2,4,12,14-17H2.